The summed E-state index contributed by atoms with van der Waals surface area (Å²) >= 11 is 0. The lowest BCUT2D eigenvalue weighted by atomic mass is 9.96. The Morgan fingerprint density at radius 3 is 1.92 bits per heavy atom. The average Bonchev–Trinajstić information content (AvgIpc) is 2.65. The van der Waals surface area contributed by atoms with Crippen LogP contribution in [-0.2, 0) is 0 Å². The normalized spacial score (nSPS) is 24.2. The van der Waals surface area contributed by atoms with E-state index in [1.165, 1.54) is 38.8 Å². The molecule has 0 aromatic heterocycles. The minimum Gasteiger partial charge on any atom is -0.394 e. The van der Waals surface area contributed by atoms with Gasteiger partial charge in [-0.05, 0) is 38.8 Å². The second-order valence-electron chi connectivity index (χ2n) is 3.58. The standard InChI is InChI=1S/C8H15NO.C2H6.FH/c10-7-8-3-1-5-9(8)6-2-4-8;1-2;/h10H,1-7H2;1-2H3;1H. The molecule has 0 spiro atoms. The molecule has 2 heterocycles. The number of rotatable bonds is 1. The quantitative estimate of drug-likeness (QED) is 0.683. The van der Waals surface area contributed by atoms with E-state index in [0.717, 1.165) is 0 Å². The van der Waals surface area contributed by atoms with Crippen LogP contribution < -0.4 is 0 Å². The lowest BCUT2D eigenvalue weighted by molar-refractivity contribution is 0.0999. The third-order valence-electron chi connectivity index (χ3n) is 3.11. The molecule has 0 amide bonds. The van der Waals surface area contributed by atoms with Crippen molar-refractivity contribution < 1.29 is 9.81 Å². The van der Waals surface area contributed by atoms with E-state index in [1.807, 2.05) is 13.8 Å². The highest BCUT2D eigenvalue weighted by Crippen LogP contribution is 2.37. The molecule has 0 atom stereocenters. The summed E-state index contributed by atoms with van der Waals surface area (Å²) in [5.41, 5.74) is 0.236. The highest BCUT2D eigenvalue weighted by Gasteiger charge is 2.43. The monoisotopic (exact) mass is 191 g/mol. The van der Waals surface area contributed by atoms with Gasteiger partial charge in [0.25, 0.3) is 0 Å². The van der Waals surface area contributed by atoms with E-state index in [1.54, 1.807) is 0 Å². The summed E-state index contributed by atoms with van der Waals surface area (Å²) in [4.78, 5) is 2.47. The van der Waals surface area contributed by atoms with Gasteiger partial charge in [-0.3, -0.25) is 9.60 Å². The first-order valence-electron chi connectivity index (χ1n) is 5.23. The van der Waals surface area contributed by atoms with E-state index in [4.69, 9.17) is 0 Å². The van der Waals surface area contributed by atoms with Crippen LogP contribution in [0, 0.1) is 0 Å². The Labute approximate surface area is 80.3 Å². The number of fused-ring (bicyclic) bond motifs is 1. The molecule has 2 aliphatic heterocycles. The maximum absolute atomic E-state index is 9.19. The summed E-state index contributed by atoms with van der Waals surface area (Å²) in [6.45, 7) is 6.83. The second kappa shape index (κ2) is 5.55. The van der Waals surface area contributed by atoms with Crippen LogP contribution in [0.15, 0.2) is 0 Å². The van der Waals surface area contributed by atoms with Crippen molar-refractivity contribution >= 4 is 0 Å². The topological polar surface area (TPSA) is 23.5 Å². The Kier molecular flexibility index (Phi) is 5.49. The van der Waals surface area contributed by atoms with Crippen LogP contribution in [0.25, 0.3) is 0 Å². The molecule has 0 radical (unpaired) electrons. The molecule has 1 N–H and O–H groups in total. The van der Waals surface area contributed by atoms with Gasteiger partial charge in [-0.2, -0.15) is 0 Å². The highest BCUT2D eigenvalue weighted by atomic mass is 19.0. The third kappa shape index (κ3) is 2.20. The number of nitrogens with zero attached hydrogens (tertiary/aromatic N) is 1. The van der Waals surface area contributed by atoms with Crippen molar-refractivity contribution in [1.29, 1.82) is 0 Å². The molecular weight excluding hydrogens is 169 g/mol. The Balaban J connectivity index is 0.000000451. The van der Waals surface area contributed by atoms with Gasteiger partial charge in [0.05, 0.1) is 6.61 Å². The molecule has 0 bridgehead atoms. The minimum atomic E-state index is 0. The van der Waals surface area contributed by atoms with E-state index < -0.39 is 0 Å². The zero-order valence-electron chi connectivity index (χ0n) is 8.75. The minimum absolute atomic E-state index is 0. The first kappa shape index (κ1) is 12.8. The summed E-state index contributed by atoms with van der Waals surface area (Å²) in [6.07, 6.45) is 5.04. The molecule has 13 heavy (non-hydrogen) atoms. The smallest absolute Gasteiger partial charge is 0.0615 e. The number of hydrogen-bond acceptors (Lipinski definition) is 2. The van der Waals surface area contributed by atoms with Gasteiger partial charge in [-0.1, -0.05) is 13.8 Å². The van der Waals surface area contributed by atoms with Crippen molar-refractivity contribution in [2.45, 2.75) is 45.1 Å². The predicted molar refractivity (Wildman–Crippen MR) is 53.7 cm³/mol. The van der Waals surface area contributed by atoms with Crippen molar-refractivity contribution in [3.8, 4) is 0 Å². The van der Waals surface area contributed by atoms with Crippen molar-refractivity contribution in [1.82, 2.24) is 4.90 Å². The van der Waals surface area contributed by atoms with Crippen molar-refractivity contribution in [3.05, 3.63) is 0 Å². The van der Waals surface area contributed by atoms with Gasteiger partial charge < -0.3 is 5.11 Å². The maximum atomic E-state index is 9.19. The predicted octanol–water partition coefficient (Wildman–Crippen LogP) is 1.79. The molecule has 0 aromatic carbocycles. The van der Waals surface area contributed by atoms with Gasteiger partial charge in [-0.25, -0.2) is 0 Å². The first-order valence-corrected chi connectivity index (χ1v) is 5.23. The molecule has 0 saturated carbocycles. The van der Waals surface area contributed by atoms with Crippen LogP contribution in [0.3, 0.4) is 0 Å². The molecular formula is C10H22FNO. The summed E-state index contributed by atoms with van der Waals surface area (Å²) in [6, 6.07) is 0. The van der Waals surface area contributed by atoms with E-state index in [-0.39, 0.29) is 10.2 Å². The van der Waals surface area contributed by atoms with Gasteiger partial charge in [0.2, 0.25) is 0 Å². The van der Waals surface area contributed by atoms with Crippen LogP contribution in [0.1, 0.15) is 39.5 Å². The molecule has 0 unspecified atom stereocenters. The fourth-order valence-electron chi connectivity index (χ4n) is 2.48. The number of aliphatic hydroxyl groups is 1. The fourth-order valence-corrected chi connectivity index (χ4v) is 2.48. The highest BCUT2D eigenvalue weighted by molar-refractivity contribution is 4.99. The third-order valence-corrected chi connectivity index (χ3v) is 3.11. The number of hydrogen-bond donors (Lipinski definition) is 1. The SMILES string of the molecule is CC.F.OCC12CCCN1CCC2. The van der Waals surface area contributed by atoms with Gasteiger partial charge in [0.1, 0.15) is 0 Å². The molecule has 0 aromatic rings. The molecule has 0 aliphatic carbocycles. The van der Waals surface area contributed by atoms with Crippen molar-refractivity contribution in [2.75, 3.05) is 19.7 Å². The molecule has 2 fully saturated rings. The van der Waals surface area contributed by atoms with Gasteiger partial charge in [-0.15, -0.1) is 0 Å². The summed E-state index contributed by atoms with van der Waals surface area (Å²) in [5.74, 6) is 0. The van der Waals surface area contributed by atoms with Crippen LogP contribution >= 0.6 is 0 Å². The molecule has 3 heteroatoms. The van der Waals surface area contributed by atoms with Crippen molar-refractivity contribution in [2.24, 2.45) is 0 Å². The van der Waals surface area contributed by atoms with Gasteiger partial charge >= 0.3 is 0 Å². The lowest BCUT2D eigenvalue weighted by Crippen LogP contribution is -2.41. The van der Waals surface area contributed by atoms with Crippen LogP contribution in [0.4, 0.5) is 4.70 Å². The molecule has 80 valence electrons. The van der Waals surface area contributed by atoms with Gasteiger partial charge in [0, 0.05) is 5.54 Å². The van der Waals surface area contributed by atoms with Crippen molar-refractivity contribution in [3.63, 3.8) is 0 Å². The number of halogens is 1. The van der Waals surface area contributed by atoms with E-state index in [2.05, 4.69) is 4.90 Å². The summed E-state index contributed by atoms with van der Waals surface area (Å²) < 4.78 is 0. The van der Waals surface area contributed by atoms with E-state index in [0.29, 0.717) is 6.61 Å². The van der Waals surface area contributed by atoms with Crippen LogP contribution in [0.5, 0.6) is 0 Å². The molecule has 2 saturated heterocycles. The first-order chi connectivity index (χ1) is 5.87. The largest absolute Gasteiger partial charge is 0.394 e. The zero-order valence-corrected chi connectivity index (χ0v) is 8.75. The van der Waals surface area contributed by atoms with Gasteiger partial charge in [0.15, 0.2) is 0 Å². The Morgan fingerprint density at radius 1 is 1.15 bits per heavy atom. The lowest BCUT2D eigenvalue weighted by Gasteiger charge is -2.29. The number of aliphatic hydroxyl groups excluding tert-OH is 1. The summed E-state index contributed by atoms with van der Waals surface area (Å²) in [5, 5.41) is 9.19. The van der Waals surface area contributed by atoms with E-state index >= 15 is 0 Å². The summed E-state index contributed by atoms with van der Waals surface area (Å²) in [7, 11) is 0. The maximum Gasteiger partial charge on any atom is 0.0615 e. The average molecular weight is 191 g/mol. The van der Waals surface area contributed by atoms with Crippen LogP contribution in [0.2, 0.25) is 0 Å². The molecule has 2 rings (SSSR count). The fraction of sp³-hybridized carbons (Fsp3) is 1.00. The molecule has 2 nitrogen and oxygen atoms in total. The second-order valence-corrected chi connectivity index (χ2v) is 3.58. The Morgan fingerprint density at radius 2 is 1.62 bits per heavy atom. The molecule has 2 aliphatic rings. The Hall–Kier alpha value is -0.150. The zero-order chi connectivity index (χ0) is 9.03. The van der Waals surface area contributed by atoms with E-state index in [9.17, 15) is 5.11 Å². The van der Waals surface area contributed by atoms with Crippen LogP contribution in [-0.4, -0.2) is 35.2 Å². The Bertz CT molecular complexity index is 131.